The van der Waals surface area contributed by atoms with Gasteiger partial charge in [0.25, 0.3) is 0 Å². The van der Waals surface area contributed by atoms with Crippen molar-refractivity contribution in [1.82, 2.24) is 0 Å². The molecule has 0 fully saturated rings. The van der Waals surface area contributed by atoms with Crippen LogP contribution in [0.2, 0.25) is 0 Å². The molecule has 1 rings (SSSR count). The van der Waals surface area contributed by atoms with Gasteiger partial charge in [0.2, 0.25) is 5.25 Å². The van der Waals surface area contributed by atoms with Crippen molar-refractivity contribution < 1.29 is 22.7 Å². The number of carbonyl (C=O) groups is 2. The van der Waals surface area contributed by atoms with Crippen molar-refractivity contribution in [3.8, 4) is 0 Å². The van der Waals surface area contributed by atoms with Gasteiger partial charge in [-0.1, -0.05) is 39.0 Å². The number of carbonyl (C=O) groups excluding carboxylic acids is 2. The lowest BCUT2D eigenvalue weighted by Gasteiger charge is -2.22. The minimum Gasteiger partial charge on any atom is -0.468 e. The van der Waals surface area contributed by atoms with Gasteiger partial charge < -0.3 is 4.74 Å². The van der Waals surface area contributed by atoms with Crippen molar-refractivity contribution in [2.24, 2.45) is 5.41 Å². The molecule has 0 spiro atoms. The monoisotopic (exact) mass is 298 g/mol. The third-order valence-corrected chi connectivity index (χ3v) is 4.73. The summed E-state index contributed by atoms with van der Waals surface area (Å²) in [6.07, 6.45) is 0. The Kier molecular flexibility index (Phi) is 4.70. The molecule has 1 atom stereocenters. The average Bonchev–Trinajstić information content (AvgIpc) is 2.38. The van der Waals surface area contributed by atoms with Crippen LogP contribution in [0.4, 0.5) is 0 Å². The van der Waals surface area contributed by atoms with Gasteiger partial charge >= 0.3 is 5.97 Å². The van der Waals surface area contributed by atoms with Crippen LogP contribution in [0.25, 0.3) is 0 Å². The minimum atomic E-state index is -4.12. The number of sulfone groups is 1. The van der Waals surface area contributed by atoms with E-state index in [1.54, 1.807) is 26.8 Å². The van der Waals surface area contributed by atoms with Crippen molar-refractivity contribution in [3.63, 3.8) is 0 Å². The van der Waals surface area contributed by atoms with Crippen LogP contribution < -0.4 is 0 Å². The summed E-state index contributed by atoms with van der Waals surface area (Å²) in [4.78, 5) is 24.0. The molecular formula is C14H18O5S. The molecule has 0 radical (unpaired) electrons. The molecule has 0 aliphatic rings. The molecule has 0 saturated carbocycles. The van der Waals surface area contributed by atoms with Crippen molar-refractivity contribution in [1.29, 1.82) is 0 Å². The summed E-state index contributed by atoms with van der Waals surface area (Å²) in [6, 6.07) is 7.41. The number of esters is 1. The van der Waals surface area contributed by atoms with E-state index >= 15 is 0 Å². The van der Waals surface area contributed by atoms with Gasteiger partial charge in [-0.2, -0.15) is 0 Å². The van der Waals surface area contributed by atoms with Gasteiger partial charge in [0.15, 0.2) is 15.6 Å². The molecule has 6 heteroatoms. The number of benzene rings is 1. The molecular weight excluding hydrogens is 280 g/mol. The first-order valence-corrected chi connectivity index (χ1v) is 7.58. The molecule has 1 aromatic carbocycles. The second-order valence-electron chi connectivity index (χ2n) is 5.38. The summed E-state index contributed by atoms with van der Waals surface area (Å²) in [5.41, 5.74) is -0.972. The first-order chi connectivity index (χ1) is 9.12. The highest BCUT2D eigenvalue weighted by Gasteiger charge is 2.45. The lowest BCUT2D eigenvalue weighted by atomic mass is 9.89. The summed E-state index contributed by atoms with van der Waals surface area (Å²) in [6.45, 7) is 4.68. The Bertz CT molecular complexity index is 596. The SMILES string of the molecule is COC(=O)C(C(=O)C(C)(C)C)S(=O)(=O)c1ccccc1. The number of hydrogen-bond acceptors (Lipinski definition) is 5. The van der Waals surface area contributed by atoms with Gasteiger partial charge in [0.1, 0.15) is 0 Å². The molecule has 110 valence electrons. The topological polar surface area (TPSA) is 77.5 Å². The summed E-state index contributed by atoms with van der Waals surface area (Å²) in [5, 5.41) is -1.84. The molecule has 0 heterocycles. The van der Waals surface area contributed by atoms with Crippen LogP contribution in [-0.4, -0.2) is 32.5 Å². The second kappa shape index (κ2) is 5.75. The molecule has 0 amide bonds. The van der Waals surface area contributed by atoms with Gasteiger partial charge in [-0.25, -0.2) is 8.42 Å². The highest BCUT2D eigenvalue weighted by atomic mass is 32.2. The number of methoxy groups -OCH3 is 1. The maximum atomic E-state index is 12.5. The molecule has 0 N–H and O–H groups in total. The van der Waals surface area contributed by atoms with Crippen molar-refractivity contribution in [2.45, 2.75) is 30.9 Å². The standard InChI is InChI=1S/C14H18O5S/c1-14(2,3)12(15)11(13(16)19-4)20(17,18)10-8-6-5-7-9-10/h5-9,11H,1-4H3. The Labute approximate surface area is 118 Å². The smallest absolute Gasteiger partial charge is 0.332 e. The molecule has 0 aliphatic heterocycles. The average molecular weight is 298 g/mol. The number of Topliss-reactive ketones (excluding diaryl/α,β-unsaturated/α-hetero) is 1. The molecule has 5 nitrogen and oxygen atoms in total. The van der Waals surface area contributed by atoms with Gasteiger partial charge in [0, 0.05) is 5.41 Å². The molecule has 0 saturated heterocycles. The van der Waals surface area contributed by atoms with Gasteiger partial charge in [-0.3, -0.25) is 9.59 Å². The summed E-state index contributed by atoms with van der Waals surface area (Å²) < 4.78 is 29.5. The summed E-state index contributed by atoms with van der Waals surface area (Å²) in [5.74, 6) is -1.75. The second-order valence-corrected chi connectivity index (χ2v) is 7.41. The molecule has 1 unspecified atom stereocenters. The maximum Gasteiger partial charge on any atom is 0.332 e. The Morgan fingerprint density at radius 2 is 1.60 bits per heavy atom. The molecule has 0 bridgehead atoms. The highest BCUT2D eigenvalue weighted by molar-refractivity contribution is 7.93. The predicted molar refractivity (Wildman–Crippen MR) is 73.9 cm³/mol. The number of hydrogen-bond donors (Lipinski definition) is 0. The number of rotatable bonds is 4. The van der Waals surface area contributed by atoms with E-state index in [0.29, 0.717) is 0 Å². The first kappa shape index (κ1) is 16.4. The van der Waals surface area contributed by atoms with Crippen LogP contribution in [0.3, 0.4) is 0 Å². The van der Waals surface area contributed by atoms with Crippen LogP contribution in [0.1, 0.15) is 20.8 Å². The fourth-order valence-electron chi connectivity index (χ4n) is 1.62. The third-order valence-electron chi connectivity index (χ3n) is 2.77. The van der Waals surface area contributed by atoms with E-state index in [4.69, 9.17) is 0 Å². The van der Waals surface area contributed by atoms with E-state index in [1.807, 2.05) is 0 Å². The summed E-state index contributed by atoms with van der Waals surface area (Å²) >= 11 is 0. The van der Waals surface area contributed by atoms with Crippen molar-refractivity contribution >= 4 is 21.6 Å². The third kappa shape index (κ3) is 3.25. The fraction of sp³-hybridized carbons (Fsp3) is 0.429. The van der Waals surface area contributed by atoms with Crippen LogP contribution in [0, 0.1) is 5.41 Å². The van der Waals surface area contributed by atoms with Crippen LogP contribution in [0.5, 0.6) is 0 Å². The molecule has 0 aliphatic carbocycles. The molecule has 1 aromatic rings. The molecule has 20 heavy (non-hydrogen) atoms. The van der Waals surface area contributed by atoms with E-state index in [2.05, 4.69) is 4.74 Å². The van der Waals surface area contributed by atoms with Crippen LogP contribution in [-0.2, 0) is 24.2 Å². The number of ketones is 1. The van der Waals surface area contributed by atoms with E-state index < -0.39 is 32.3 Å². The van der Waals surface area contributed by atoms with Gasteiger partial charge in [0.05, 0.1) is 12.0 Å². The lowest BCUT2D eigenvalue weighted by Crippen LogP contribution is -2.44. The minimum absolute atomic E-state index is 0.0759. The van der Waals surface area contributed by atoms with Crippen LogP contribution >= 0.6 is 0 Å². The Balaban J connectivity index is 3.40. The zero-order chi connectivity index (χ0) is 15.6. The largest absolute Gasteiger partial charge is 0.468 e. The van der Waals surface area contributed by atoms with Crippen LogP contribution in [0.15, 0.2) is 35.2 Å². The zero-order valence-corrected chi connectivity index (χ0v) is 12.7. The van der Waals surface area contributed by atoms with E-state index in [0.717, 1.165) is 7.11 Å². The van der Waals surface area contributed by atoms with Gasteiger partial charge in [-0.15, -0.1) is 0 Å². The van der Waals surface area contributed by atoms with Crippen molar-refractivity contribution in [2.75, 3.05) is 7.11 Å². The van der Waals surface area contributed by atoms with E-state index in [-0.39, 0.29) is 4.90 Å². The van der Waals surface area contributed by atoms with E-state index in [9.17, 15) is 18.0 Å². The normalized spacial score (nSPS) is 13.6. The lowest BCUT2D eigenvalue weighted by molar-refractivity contribution is -0.144. The molecule has 0 aromatic heterocycles. The summed E-state index contributed by atoms with van der Waals surface area (Å²) in [7, 11) is -3.06. The predicted octanol–water partition coefficient (Wildman–Crippen LogP) is 1.62. The Morgan fingerprint density at radius 1 is 1.10 bits per heavy atom. The number of ether oxygens (including phenoxy) is 1. The van der Waals surface area contributed by atoms with E-state index in [1.165, 1.54) is 24.3 Å². The van der Waals surface area contributed by atoms with Gasteiger partial charge in [-0.05, 0) is 12.1 Å². The fourth-order valence-corrected chi connectivity index (χ4v) is 3.41. The Hall–Kier alpha value is -1.69. The quantitative estimate of drug-likeness (QED) is 0.623. The zero-order valence-electron chi connectivity index (χ0n) is 11.9. The van der Waals surface area contributed by atoms with Crippen molar-refractivity contribution in [3.05, 3.63) is 30.3 Å². The highest BCUT2D eigenvalue weighted by Crippen LogP contribution is 2.25. The first-order valence-electron chi connectivity index (χ1n) is 6.03. The Morgan fingerprint density at radius 3 is 2.00 bits per heavy atom. The maximum absolute atomic E-state index is 12.5.